The van der Waals surface area contributed by atoms with Crippen LogP contribution in [0, 0.1) is 0 Å². The van der Waals surface area contributed by atoms with Gasteiger partial charge >= 0.3 is 0 Å². The largest absolute Gasteiger partial charge is 0.365 e. The highest BCUT2D eigenvalue weighted by atomic mass is 32.2. The second-order valence-electron chi connectivity index (χ2n) is 4.96. The van der Waals surface area contributed by atoms with Crippen molar-refractivity contribution in [2.24, 2.45) is 7.05 Å². The number of rotatable bonds is 2. The van der Waals surface area contributed by atoms with Crippen LogP contribution in [0.3, 0.4) is 0 Å². The van der Waals surface area contributed by atoms with E-state index in [2.05, 4.69) is 46.4 Å². The maximum absolute atomic E-state index is 4.01. The van der Waals surface area contributed by atoms with Gasteiger partial charge in [0.1, 0.15) is 0 Å². The van der Waals surface area contributed by atoms with Crippen LogP contribution < -0.4 is 4.90 Å². The molecule has 0 saturated carbocycles. The lowest BCUT2D eigenvalue weighted by Crippen LogP contribution is -2.25. The third-order valence-electron chi connectivity index (χ3n) is 3.50. The predicted molar refractivity (Wildman–Crippen MR) is 78.4 cm³/mol. The third-order valence-corrected chi connectivity index (χ3v) is 4.74. The summed E-state index contributed by atoms with van der Waals surface area (Å²) in [6.07, 6.45) is 3.05. The number of aromatic nitrogens is 3. The van der Waals surface area contributed by atoms with E-state index in [1.807, 2.05) is 29.7 Å². The van der Waals surface area contributed by atoms with Gasteiger partial charge in [-0.05, 0) is 18.6 Å². The van der Waals surface area contributed by atoms with Gasteiger partial charge in [-0.1, -0.05) is 24.3 Å². The van der Waals surface area contributed by atoms with E-state index >= 15 is 0 Å². The molecule has 0 saturated heterocycles. The van der Waals surface area contributed by atoms with Crippen LogP contribution in [0.2, 0.25) is 0 Å². The monoisotopic (exact) mass is 274 g/mol. The van der Waals surface area contributed by atoms with E-state index in [0.29, 0.717) is 5.25 Å². The molecule has 0 spiro atoms. The smallest absolute Gasteiger partial charge is 0.0776 e. The van der Waals surface area contributed by atoms with Crippen molar-refractivity contribution in [3.05, 3.63) is 36.2 Å². The number of para-hydroxylation sites is 1. The quantitative estimate of drug-likeness (QED) is 0.843. The van der Waals surface area contributed by atoms with Gasteiger partial charge in [-0.2, -0.15) is 0 Å². The van der Waals surface area contributed by atoms with Crippen LogP contribution in [0.25, 0.3) is 0 Å². The van der Waals surface area contributed by atoms with Gasteiger partial charge in [-0.25, -0.2) is 0 Å². The Morgan fingerprint density at radius 1 is 1.37 bits per heavy atom. The van der Waals surface area contributed by atoms with Gasteiger partial charge in [0.25, 0.3) is 0 Å². The molecule has 0 unspecified atom stereocenters. The maximum Gasteiger partial charge on any atom is 0.0776 e. The lowest BCUT2D eigenvalue weighted by atomic mass is 10.2. The van der Waals surface area contributed by atoms with Gasteiger partial charge in [0.2, 0.25) is 0 Å². The predicted octanol–water partition coefficient (Wildman–Crippen LogP) is 2.71. The minimum atomic E-state index is 0.663. The normalized spacial score (nSPS) is 19.1. The highest BCUT2D eigenvalue weighted by molar-refractivity contribution is 8.00. The minimum Gasteiger partial charge on any atom is -0.365 e. The molecule has 1 aromatic heterocycles. The fourth-order valence-electron chi connectivity index (χ4n) is 2.37. The van der Waals surface area contributed by atoms with E-state index < -0.39 is 0 Å². The van der Waals surface area contributed by atoms with Crippen LogP contribution in [0.1, 0.15) is 19.0 Å². The van der Waals surface area contributed by atoms with E-state index in [9.17, 15) is 0 Å². The molecule has 2 heterocycles. The topological polar surface area (TPSA) is 34.0 Å². The number of thioether (sulfide) groups is 1. The summed E-state index contributed by atoms with van der Waals surface area (Å²) in [6.45, 7) is 4.25. The molecule has 100 valence electrons. The Bertz CT molecular complexity index is 566. The van der Waals surface area contributed by atoms with Crippen molar-refractivity contribution in [3.63, 3.8) is 0 Å². The van der Waals surface area contributed by atoms with Crippen LogP contribution in [-0.4, -0.2) is 26.8 Å². The number of nitrogens with zero attached hydrogens (tertiary/aromatic N) is 4. The van der Waals surface area contributed by atoms with Gasteiger partial charge in [-0.15, -0.1) is 16.9 Å². The number of aryl methyl sites for hydroxylation is 1. The molecule has 1 aliphatic heterocycles. The van der Waals surface area contributed by atoms with Crippen molar-refractivity contribution in [1.29, 1.82) is 0 Å². The summed E-state index contributed by atoms with van der Waals surface area (Å²) in [7, 11) is 1.95. The summed E-state index contributed by atoms with van der Waals surface area (Å²) in [5.74, 6) is 0. The Hall–Kier alpha value is -1.49. The van der Waals surface area contributed by atoms with E-state index in [4.69, 9.17) is 0 Å². The molecule has 0 bridgehead atoms. The Labute approximate surface area is 117 Å². The average molecular weight is 274 g/mol. The van der Waals surface area contributed by atoms with Crippen molar-refractivity contribution in [1.82, 2.24) is 15.0 Å². The molecule has 1 aliphatic rings. The highest BCUT2D eigenvalue weighted by Crippen LogP contribution is 2.37. The second-order valence-corrected chi connectivity index (χ2v) is 6.44. The van der Waals surface area contributed by atoms with E-state index in [1.165, 1.54) is 17.0 Å². The van der Waals surface area contributed by atoms with Gasteiger partial charge < -0.3 is 4.90 Å². The molecule has 0 aliphatic carbocycles. The summed E-state index contributed by atoms with van der Waals surface area (Å²) < 4.78 is 1.85. The minimum absolute atomic E-state index is 0.663. The Morgan fingerprint density at radius 3 is 3.00 bits per heavy atom. The molecule has 0 amide bonds. The molecule has 19 heavy (non-hydrogen) atoms. The van der Waals surface area contributed by atoms with Gasteiger partial charge in [0, 0.05) is 23.7 Å². The summed E-state index contributed by atoms with van der Waals surface area (Å²) in [5.41, 5.74) is 2.48. The van der Waals surface area contributed by atoms with Gasteiger partial charge in [-0.3, -0.25) is 4.68 Å². The fraction of sp³-hybridized carbons (Fsp3) is 0.429. The van der Waals surface area contributed by atoms with Crippen LogP contribution in [0.4, 0.5) is 5.69 Å². The zero-order valence-corrected chi connectivity index (χ0v) is 12.1. The van der Waals surface area contributed by atoms with Crippen LogP contribution in [-0.2, 0) is 13.6 Å². The van der Waals surface area contributed by atoms with E-state index in [-0.39, 0.29) is 0 Å². The van der Waals surface area contributed by atoms with Crippen molar-refractivity contribution in [2.45, 2.75) is 30.0 Å². The summed E-state index contributed by atoms with van der Waals surface area (Å²) in [4.78, 5) is 3.81. The number of anilines is 1. The zero-order valence-electron chi connectivity index (χ0n) is 11.3. The molecule has 4 nitrogen and oxygen atoms in total. The van der Waals surface area contributed by atoms with Crippen molar-refractivity contribution in [3.8, 4) is 0 Å². The molecule has 3 rings (SSSR count). The van der Waals surface area contributed by atoms with Crippen molar-refractivity contribution in [2.75, 3.05) is 11.4 Å². The molecule has 0 fully saturated rings. The highest BCUT2D eigenvalue weighted by Gasteiger charge is 2.20. The zero-order chi connectivity index (χ0) is 13.2. The first-order valence-corrected chi connectivity index (χ1v) is 7.46. The van der Waals surface area contributed by atoms with Crippen LogP contribution in [0.15, 0.2) is 35.4 Å². The lowest BCUT2D eigenvalue weighted by molar-refractivity contribution is 0.648. The number of hydrogen-bond acceptors (Lipinski definition) is 4. The van der Waals surface area contributed by atoms with E-state index in [0.717, 1.165) is 18.8 Å². The van der Waals surface area contributed by atoms with Crippen LogP contribution >= 0.6 is 11.8 Å². The van der Waals surface area contributed by atoms with Gasteiger partial charge in [0.05, 0.1) is 24.1 Å². The number of fused-ring (bicyclic) bond motifs is 1. The molecule has 0 radical (unpaired) electrons. The molecule has 5 heteroatoms. The van der Waals surface area contributed by atoms with Gasteiger partial charge in [0.15, 0.2) is 0 Å². The molecule has 2 aromatic rings. The molecule has 0 N–H and O–H groups in total. The third kappa shape index (κ3) is 2.61. The Balaban J connectivity index is 1.91. The maximum atomic E-state index is 4.01. The average Bonchev–Trinajstić information content (AvgIpc) is 2.73. The number of hydrogen-bond donors (Lipinski definition) is 0. The Kier molecular flexibility index (Phi) is 3.46. The lowest BCUT2D eigenvalue weighted by Gasteiger charge is -2.24. The van der Waals surface area contributed by atoms with Crippen molar-refractivity contribution >= 4 is 17.4 Å². The first kappa shape index (κ1) is 12.5. The second kappa shape index (κ2) is 5.25. The fourth-order valence-corrected chi connectivity index (χ4v) is 3.50. The Morgan fingerprint density at radius 2 is 2.21 bits per heavy atom. The molecule has 1 atom stereocenters. The van der Waals surface area contributed by atoms with Crippen molar-refractivity contribution < 1.29 is 0 Å². The number of benzene rings is 1. The summed E-state index contributed by atoms with van der Waals surface area (Å²) in [5, 5.41) is 8.64. The standard InChI is InChI=1S/C14H18N4S/c1-11-7-8-18(10-12-9-15-16-17(12)2)13-5-3-4-6-14(13)19-11/h3-6,9,11H,7-8,10H2,1-2H3/t11-/m1/s1. The molecule has 1 aromatic carbocycles. The van der Waals surface area contributed by atoms with Crippen LogP contribution in [0.5, 0.6) is 0 Å². The van der Waals surface area contributed by atoms with E-state index in [1.54, 1.807) is 0 Å². The first-order chi connectivity index (χ1) is 9.24. The summed E-state index contributed by atoms with van der Waals surface area (Å²) in [6, 6.07) is 8.66. The SMILES string of the molecule is C[C@@H]1CCN(Cc2cnnn2C)c2ccccc2S1. The summed E-state index contributed by atoms with van der Waals surface area (Å²) >= 11 is 1.97. The molecular weight excluding hydrogens is 256 g/mol. The molecular formula is C14H18N4S. The first-order valence-electron chi connectivity index (χ1n) is 6.58.